The van der Waals surface area contributed by atoms with Crippen molar-refractivity contribution in [3.05, 3.63) is 30.2 Å². The molecular formula is C15H21N3O2. The zero-order valence-electron chi connectivity index (χ0n) is 12.1. The molecule has 2 rings (SSSR count). The molecule has 5 heteroatoms. The largest absolute Gasteiger partial charge is 0.490 e. The number of pyridine rings is 1. The molecule has 0 aliphatic carbocycles. The molecule has 20 heavy (non-hydrogen) atoms. The van der Waals surface area contributed by atoms with Crippen LogP contribution in [0.25, 0.3) is 5.65 Å². The number of rotatable bonds is 7. The lowest BCUT2D eigenvalue weighted by Gasteiger charge is -2.03. The first-order chi connectivity index (χ1) is 9.74. The number of ether oxygens (including phenoxy) is 1. The lowest BCUT2D eigenvalue weighted by Crippen LogP contribution is -2.25. The summed E-state index contributed by atoms with van der Waals surface area (Å²) in [6.45, 7) is 5.19. The van der Waals surface area contributed by atoms with Crippen LogP contribution in [0.4, 0.5) is 0 Å². The molecule has 0 unspecified atom stereocenters. The van der Waals surface area contributed by atoms with Gasteiger partial charge in [0.15, 0.2) is 11.4 Å². The van der Waals surface area contributed by atoms with Gasteiger partial charge in [-0.15, -0.1) is 0 Å². The highest BCUT2D eigenvalue weighted by atomic mass is 16.5. The molecule has 2 aromatic rings. The van der Waals surface area contributed by atoms with E-state index in [4.69, 9.17) is 4.74 Å². The Morgan fingerprint density at radius 3 is 3.05 bits per heavy atom. The average Bonchev–Trinajstić information content (AvgIpc) is 2.83. The SMILES string of the molecule is CCCC(=O)NCCc1cn2cccc(OCC)c2n1. The Hall–Kier alpha value is -2.04. The first-order valence-corrected chi connectivity index (χ1v) is 7.10. The third-order valence-electron chi connectivity index (χ3n) is 2.98. The summed E-state index contributed by atoms with van der Waals surface area (Å²) in [5.41, 5.74) is 1.78. The molecular weight excluding hydrogens is 254 g/mol. The van der Waals surface area contributed by atoms with E-state index >= 15 is 0 Å². The van der Waals surface area contributed by atoms with Gasteiger partial charge >= 0.3 is 0 Å². The minimum absolute atomic E-state index is 0.103. The van der Waals surface area contributed by atoms with Gasteiger partial charge in [0.1, 0.15) is 0 Å². The van der Waals surface area contributed by atoms with Crippen LogP contribution < -0.4 is 10.1 Å². The van der Waals surface area contributed by atoms with Gasteiger partial charge in [0.05, 0.1) is 12.3 Å². The molecule has 2 aromatic heterocycles. The number of carbonyl (C=O) groups is 1. The zero-order valence-corrected chi connectivity index (χ0v) is 12.1. The summed E-state index contributed by atoms with van der Waals surface area (Å²) in [4.78, 5) is 15.9. The van der Waals surface area contributed by atoms with Crippen LogP contribution in [0, 0.1) is 0 Å². The maximum Gasteiger partial charge on any atom is 0.219 e. The zero-order chi connectivity index (χ0) is 14.4. The van der Waals surface area contributed by atoms with Gasteiger partial charge in [0, 0.05) is 31.8 Å². The number of hydrogen-bond donors (Lipinski definition) is 1. The quantitative estimate of drug-likeness (QED) is 0.842. The van der Waals surface area contributed by atoms with Crippen LogP contribution >= 0.6 is 0 Å². The molecule has 0 radical (unpaired) electrons. The average molecular weight is 275 g/mol. The first kappa shape index (κ1) is 14.4. The van der Waals surface area contributed by atoms with Gasteiger partial charge in [-0.05, 0) is 25.5 Å². The fourth-order valence-electron chi connectivity index (χ4n) is 2.07. The Morgan fingerprint density at radius 1 is 1.45 bits per heavy atom. The van der Waals surface area contributed by atoms with E-state index in [-0.39, 0.29) is 5.91 Å². The second-order valence-electron chi connectivity index (χ2n) is 4.62. The molecule has 108 valence electrons. The first-order valence-electron chi connectivity index (χ1n) is 7.10. The highest BCUT2D eigenvalue weighted by Crippen LogP contribution is 2.18. The predicted octanol–water partition coefficient (Wildman–Crippen LogP) is 2.19. The van der Waals surface area contributed by atoms with E-state index < -0.39 is 0 Å². The van der Waals surface area contributed by atoms with E-state index in [0.717, 1.165) is 29.9 Å². The number of nitrogens with one attached hydrogen (secondary N) is 1. The van der Waals surface area contributed by atoms with Crippen molar-refractivity contribution in [2.75, 3.05) is 13.2 Å². The Labute approximate surface area is 119 Å². The number of fused-ring (bicyclic) bond motifs is 1. The molecule has 2 heterocycles. The fraction of sp³-hybridized carbons (Fsp3) is 0.467. The van der Waals surface area contributed by atoms with Crippen LogP contribution in [0.1, 0.15) is 32.4 Å². The van der Waals surface area contributed by atoms with Crippen molar-refractivity contribution >= 4 is 11.6 Å². The van der Waals surface area contributed by atoms with Crippen molar-refractivity contribution in [3.8, 4) is 5.75 Å². The summed E-state index contributed by atoms with van der Waals surface area (Å²) in [7, 11) is 0. The number of imidazole rings is 1. The summed E-state index contributed by atoms with van der Waals surface area (Å²) in [6, 6.07) is 3.85. The van der Waals surface area contributed by atoms with Gasteiger partial charge in [-0.3, -0.25) is 4.79 Å². The lowest BCUT2D eigenvalue weighted by molar-refractivity contribution is -0.121. The number of hydrogen-bond acceptors (Lipinski definition) is 3. The highest BCUT2D eigenvalue weighted by Gasteiger charge is 2.07. The van der Waals surface area contributed by atoms with Gasteiger partial charge < -0.3 is 14.5 Å². The molecule has 0 saturated heterocycles. The summed E-state index contributed by atoms with van der Waals surface area (Å²) in [5, 5.41) is 2.90. The predicted molar refractivity (Wildman–Crippen MR) is 78.0 cm³/mol. The van der Waals surface area contributed by atoms with Crippen LogP contribution in [0.2, 0.25) is 0 Å². The number of aromatic nitrogens is 2. The Bertz CT molecular complexity index is 578. The second kappa shape index (κ2) is 6.93. The van der Waals surface area contributed by atoms with Gasteiger partial charge in [-0.25, -0.2) is 4.98 Å². The van der Waals surface area contributed by atoms with E-state index in [1.807, 2.05) is 42.8 Å². The summed E-state index contributed by atoms with van der Waals surface area (Å²) < 4.78 is 7.51. The van der Waals surface area contributed by atoms with Crippen LogP contribution in [-0.4, -0.2) is 28.4 Å². The Balaban J connectivity index is 2.01. The van der Waals surface area contributed by atoms with E-state index in [9.17, 15) is 4.79 Å². The fourth-order valence-corrected chi connectivity index (χ4v) is 2.07. The Kier molecular flexibility index (Phi) is 4.98. The second-order valence-corrected chi connectivity index (χ2v) is 4.62. The highest BCUT2D eigenvalue weighted by molar-refractivity contribution is 5.75. The summed E-state index contributed by atoms with van der Waals surface area (Å²) in [6.07, 6.45) is 6.11. The van der Waals surface area contributed by atoms with Crippen molar-refractivity contribution in [3.63, 3.8) is 0 Å². The third kappa shape index (κ3) is 3.50. The van der Waals surface area contributed by atoms with Gasteiger partial charge in [0.25, 0.3) is 0 Å². The van der Waals surface area contributed by atoms with Crippen molar-refractivity contribution in [1.82, 2.24) is 14.7 Å². The minimum Gasteiger partial charge on any atom is -0.490 e. The normalized spacial score (nSPS) is 10.7. The lowest BCUT2D eigenvalue weighted by atomic mass is 10.3. The molecule has 0 atom stereocenters. The molecule has 0 aromatic carbocycles. The smallest absolute Gasteiger partial charge is 0.219 e. The molecule has 1 N–H and O–H groups in total. The molecule has 0 fully saturated rings. The van der Waals surface area contributed by atoms with Gasteiger partial charge in [-0.2, -0.15) is 0 Å². The van der Waals surface area contributed by atoms with Crippen LogP contribution in [0.5, 0.6) is 5.75 Å². The van der Waals surface area contributed by atoms with Crippen LogP contribution in [-0.2, 0) is 11.2 Å². The molecule has 0 aliphatic rings. The van der Waals surface area contributed by atoms with Crippen LogP contribution in [0.15, 0.2) is 24.5 Å². The van der Waals surface area contributed by atoms with Crippen molar-refractivity contribution < 1.29 is 9.53 Å². The van der Waals surface area contributed by atoms with Crippen molar-refractivity contribution in [2.45, 2.75) is 33.1 Å². The van der Waals surface area contributed by atoms with E-state index in [1.54, 1.807) is 0 Å². The van der Waals surface area contributed by atoms with Crippen molar-refractivity contribution in [1.29, 1.82) is 0 Å². The topological polar surface area (TPSA) is 55.6 Å². The van der Waals surface area contributed by atoms with E-state index in [2.05, 4.69) is 10.3 Å². The number of carbonyl (C=O) groups excluding carboxylic acids is 1. The molecule has 0 saturated carbocycles. The number of amides is 1. The molecule has 1 amide bonds. The maximum absolute atomic E-state index is 11.4. The van der Waals surface area contributed by atoms with Gasteiger partial charge in [0.2, 0.25) is 5.91 Å². The summed E-state index contributed by atoms with van der Waals surface area (Å²) in [5.74, 6) is 0.891. The van der Waals surface area contributed by atoms with Crippen LogP contribution in [0.3, 0.4) is 0 Å². The van der Waals surface area contributed by atoms with Crippen molar-refractivity contribution in [2.24, 2.45) is 0 Å². The molecule has 0 aliphatic heterocycles. The molecule has 0 spiro atoms. The summed E-state index contributed by atoms with van der Waals surface area (Å²) >= 11 is 0. The molecule has 0 bridgehead atoms. The maximum atomic E-state index is 11.4. The van der Waals surface area contributed by atoms with E-state index in [0.29, 0.717) is 19.6 Å². The molecule has 5 nitrogen and oxygen atoms in total. The monoisotopic (exact) mass is 275 g/mol. The standard InChI is InChI=1S/C15H21N3O2/c1-3-6-14(19)16-9-8-12-11-18-10-5-7-13(20-4-2)15(18)17-12/h5,7,10-11H,3-4,6,8-9H2,1-2H3,(H,16,19). The van der Waals surface area contributed by atoms with Gasteiger partial charge in [-0.1, -0.05) is 6.92 Å². The third-order valence-corrected chi connectivity index (χ3v) is 2.98. The van der Waals surface area contributed by atoms with E-state index in [1.165, 1.54) is 0 Å². The minimum atomic E-state index is 0.103. The number of nitrogens with zero attached hydrogens (tertiary/aromatic N) is 2. The Morgan fingerprint density at radius 2 is 2.30 bits per heavy atom.